The first kappa shape index (κ1) is 16.6. The molecule has 2 aromatic carbocycles. The third-order valence-electron chi connectivity index (χ3n) is 4.21. The van der Waals surface area contributed by atoms with E-state index in [-0.39, 0.29) is 12.1 Å². The zero-order valence-electron chi connectivity index (χ0n) is 14.9. The highest BCUT2D eigenvalue weighted by molar-refractivity contribution is 5.97. The van der Waals surface area contributed by atoms with Crippen molar-refractivity contribution < 1.29 is 9.53 Å². The number of rotatable bonds is 3. The number of hydrogen-bond donors (Lipinski definition) is 1. The number of carbonyl (C=O) groups excluding carboxylic acids is 1. The highest BCUT2D eigenvalue weighted by Gasteiger charge is 2.24. The van der Waals surface area contributed by atoms with Crippen molar-refractivity contribution in [1.82, 2.24) is 5.32 Å². The van der Waals surface area contributed by atoms with Gasteiger partial charge in [-0.1, -0.05) is 36.4 Å². The molecule has 128 valence electrons. The van der Waals surface area contributed by atoms with Crippen LogP contribution in [-0.4, -0.2) is 30.8 Å². The van der Waals surface area contributed by atoms with Gasteiger partial charge in [0.2, 0.25) is 0 Å². The molecule has 0 saturated carbocycles. The van der Waals surface area contributed by atoms with Crippen LogP contribution in [0.4, 0.5) is 10.5 Å². The van der Waals surface area contributed by atoms with Crippen LogP contribution < -0.4 is 10.2 Å². The Kier molecular flexibility index (Phi) is 4.39. The molecular weight excluding hydrogens is 300 g/mol. The molecule has 0 aromatic heterocycles. The minimum atomic E-state index is -0.472. The van der Waals surface area contributed by atoms with Gasteiger partial charge in [-0.2, -0.15) is 0 Å². The van der Waals surface area contributed by atoms with Crippen LogP contribution in [-0.2, 0) is 11.2 Å². The number of alkyl carbamates (subject to hydrolysis) is 1. The summed E-state index contributed by atoms with van der Waals surface area (Å²) in [5.41, 5.74) is 2.23. The van der Waals surface area contributed by atoms with Crippen LogP contribution in [0.25, 0.3) is 10.8 Å². The maximum absolute atomic E-state index is 11.9. The molecule has 0 aliphatic carbocycles. The largest absolute Gasteiger partial charge is 0.444 e. The summed E-state index contributed by atoms with van der Waals surface area (Å²) >= 11 is 0. The number of ether oxygens (including phenoxy) is 1. The molecule has 0 bridgehead atoms. The fourth-order valence-electron chi connectivity index (χ4n) is 3.31. The van der Waals surface area contributed by atoms with Crippen molar-refractivity contribution in [3.05, 3.63) is 42.0 Å². The molecule has 1 N–H and O–H groups in total. The van der Waals surface area contributed by atoms with E-state index in [2.05, 4.69) is 46.6 Å². The molecule has 24 heavy (non-hydrogen) atoms. The molecule has 1 unspecified atom stereocenters. The lowest BCUT2D eigenvalue weighted by Crippen LogP contribution is -2.43. The standard InChI is InChI=1S/C20H26N2O2/c1-14(21-19(23)24-20(2,3)4)13-22-12-11-16-10-9-15-7-5-6-8-17(15)18(16)22/h5-10,14H,11-13H2,1-4H3,(H,21,23). The number of nitrogens with one attached hydrogen (secondary N) is 1. The third kappa shape index (κ3) is 3.64. The maximum atomic E-state index is 11.9. The molecule has 0 radical (unpaired) electrons. The second kappa shape index (κ2) is 6.34. The lowest BCUT2D eigenvalue weighted by Gasteiger charge is -2.27. The lowest BCUT2D eigenvalue weighted by atomic mass is 10.0. The summed E-state index contributed by atoms with van der Waals surface area (Å²) in [7, 11) is 0. The third-order valence-corrected chi connectivity index (χ3v) is 4.21. The van der Waals surface area contributed by atoms with E-state index in [0.29, 0.717) is 0 Å². The Morgan fingerprint density at radius 2 is 2.00 bits per heavy atom. The number of fused-ring (bicyclic) bond motifs is 3. The molecule has 0 fully saturated rings. The van der Waals surface area contributed by atoms with Crippen LogP contribution in [0.15, 0.2) is 36.4 Å². The van der Waals surface area contributed by atoms with Gasteiger partial charge in [-0.15, -0.1) is 0 Å². The van der Waals surface area contributed by atoms with Crippen LogP contribution in [0.3, 0.4) is 0 Å². The minimum Gasteiger partial charge on any atom is -0.444 e. The van der Waals surface area contributed by atoms with Gasteiger partial charge >= 0.3 is 6.09 Å². The Labute approximate surface area is 143 Å². The van der Waals surface area contributed by atoms with Crippen molar-refractivity contribution in [3.63, 3.8) is 0 Å². The normalized spacial score (nSPS) is 15.2. The Bertz CT molecular complexity index is 749. The number of amides is 1. The average molecular weight is 326 g/mol. The van der Waals surface area contributed by atoms with E-state index in [4.69, 9.17) is 4.74 Å². The van der Waals surface area contributed by atoms with Gasteiger partial charge in [0.05, 0.1) is 0 Å². The van der Waals surface area contributed by atoms with E-state index >= 15 is 0 Å². The van der Waals surface area contributed by atoms with E-state index in [1.807, 2.05) is 27.7 Å². The number of anilines is 1. The number of carbonyl (C=O) groups is 1. The van der Waals surface area contributed by atoms with E-state index in [1.54, 1.807) is 0 Å². The van der Waals surface area contributed by atoms with Gasteiger partial charge in [0.1, 0.15) is 5.60 Å². The van der Waals surface area contributed by atoms with Gasteiger partial charge in [-0.3, -0.25) is 0 Å². The van der Waals surface area contributed by atoms with Crippen molar-refractivity contribution in [3.8, 4) is 0 Å². The molecule has 0 saturated heterocycles. The Balaban J connectivity index is 1.72. The first-order chi connectivity index (χ1) is 11.3. The van der Waals surface area contributed by atoms with Gasteiger partial charge < -0.3 is 15.0 Å². The topological polar surface area (TPSA) is 41.6 Å². The summed E-state index contributed by atoms with van der Waals surface area (Å²) in [6, 6.07) is 12.9. The van der Waals surface area contributed by atoms with Crippen molar-refractivity contribution in [2.45, 2.75) is 45.8 Å². The molecule has 1 aliphatic heterocycles. The number of hydrogen-bond acceptors (Lipinski definition) is 3. The predicted octanol–water partition coefficient (Wildman–Crippen LogP) is 4.12. The average Bonchev–Trinajstić information content (AvgIpc) is 2.88. The summed E-state index contributed by atoms with van der Waals surface area (Å²) in [4.78, 5) is 14.3. The summed E-state index contributed by atoms with van der Waals surface area (Å²) in [5.74, 6) is 0. The van der Waals surface area contributed by atoms with Gasteiger partial charge in [0, 0.05) is 30.2 Å². The first-order valence-corrected chi connectivity index (χ1v) is 8.58. The van der Waals surface area contributed by atoms with Crippen molar-refractivity contribution in [2.75, 3.05) is 18.0 Å². The molecule has 3 rings (SSSR count). The van der Waals surface area contributed by atoms with Crippen LogP contribution in [0.1, 0.15) is 33.3 Å². The predicted molar refractivity (Wildman–Crippen MR) is 98.7 cm³/mol. The molecule has 4 nitrogen and oxygen atoms in total. The molecular formula is C20H26N2O2. The van der Waals surface area contributed by atoms with E-state index in [9.17, 15) is 4.79 Å². The van der Waals surface area contributed by atoms with E-state index in [1.165, 1.54) is 22.0 Å². The molecule has 1 amide bonds. The molecule has 1 aliphatic rings. The van der Waals surface area contributed by atoms with Crippen molar-refractivity contribution >= 4 is 22.6 Å². The van der Waals surface area contributed by atoms with E-state index in [0.717, 1.165) is 19.5 Å². The second-order valence-electron chi connectivity index (χ2n) is 7.54. The quantitative estimate of drug-likeness (QED) is 0.922. The minimum absolute atomic E-state index is 0.0183. The van der Waals surface area contributed by atoms with Gasteiger partial charge in [-0.25, -0.2) is 4.79 Å². The van der Waals surface area contributed by atoms with Gasteiger partial charge in [0.25, 0.3) is 0 Å². The Morgan fingerprint density at radius 1 is 1.25 bits per heavy atom. The molecule has 1 heterocycles. The first-order valence-electron chi connectivity index (χ1n) is 8.58. The monoisotopic (exact) mass is 326 g/mol. The van der Waals surface area contributed by atoms with Gasteiger partial charge in [0.15, 0.2) is 0 Å². The molecule has 1 atom stereocenters. The second-order valence-corrected chi connectivity index (χ2v) is 7.54. The highest BCUT2D eigenvalue weighted by Crippen LogP contribution is 2.35. The van der Waals surface area contributed by atoms with Gasteiger partial charge in [-0.05, 0) is 45.1 Å². The number of nitrogens with zero attached hydrogens (tertiary/aromatic N) is 1. The number of benzene rings is 2. The highest BCUT2D eigenvalue weighted by atomic mass is 16.6. The smallest absolute Gasteiger partial charge is 0.407 e. The molecule has 4 heteroatoms. The lowest BCUT2D eigenvalue weighted by molar-refractivity contribution is 0.0510. The van der Waals surface area contributed by atoms with E-state index < -0.39 is 5.60 Å². The van der Waals surface area contributed by atoms with Crippen LogP contribution >= 0.6 is 0 Å². The summed E-state index contributed by atoms with van der Waals surface area (Å²) in [6.07, 6.45) is 0.701. The zero-order valence-corrected chi connectivity index (χ0v) is 14.9. The van der Waals surface area contributed by atoms with Crippen molar-refractivity contribution in [2.24, 2.45) is 0 Å². The maximum Gasteiger partial charge on any atom is 0.407 e. The fourth-order valence-corrected chi connectivity index (χ4v) is 3.31. The van der Waals surface area contributed by atoms with Crippen LogP contribution in [0, 0.1) is 0 Å². The Hall–Kier alpha value is -2.23. The summed E-state index contributed by atoms with van der Waals surface area (Å²) < 4.78 is 5.34. The van der Waals surface area contributed by atoms with Crippen LogP contribution in [0.2, 0.25) is 0 Å². The van der Waals surface area contributed by atoms with Crippen molar-refractivity contribution in [1.29, 1.82) is 0 Å². The molecule has 2 aromatic rings. The summed E-state index contributed by atoms with van der Waals surface area (Å²) in [5, 5.41) is 5.49. The fraction of sp³-hybridized carbons (Fsp3) is 0.450. The zero-order chi connectivity index (χ0) is 17.3. The SMILES string of the molecule is CC(CN1CCc2ccc3ccccc3c21)NC(=O)OC(C)(C)C. The Morgan fingerprint density at radius 3 is 2.75 bits per heavy atom. The van der Waals surface area contributed by atoms with Crippen LogP contribution in [0.5, 0.6) is 0 Å². The summed E-state index contributed by atoms with van der Waals surface area (Å²) in [6.45, 7) is 9.41. The molecule has 0 spiro atoms.